The van der Waals surface area contributed by atoms with Crippen LogP contribution in [0.25, 0.3) is 0 Å². The average molecular weight is 277 g/mol. The zero-order valence-electron chi connectivity index (χ0n) is 11.1. The highest BCUT2D eigenvalue weighted by molar-refractivity contribution is 5.19. The third-order valence-corrected chi connectivity index (χ3v) is 3.88. The van der Waals surface area contributed by atoms with Crippen molar-refractivity contribution in [2.24, 2.45) is 0 Å². The molecule has 1 aliphatic rings. The van der Waals surface area contributed by atoms with E-state index in [9.17, 15) is 8.78 Å². The summed E-state index contributed by atoms with van der Waals surface area (Å²) in [6.07, 6.45) is 3.95. The standard InChI is InChI=1S/C15H17F2N3/c16-13-4-3-11(14(17)8-13)9-20-7-1-2-12(10-20)15-5-6-18-19-15/h3-6,8,12H,1-2,7,9-10H2,(H,18,19)/t12-/m0/s1. The fraction of sp³-hybridized carbons (Fsp3) is 0.400. The van der Waals surface area contributed by atoms with Crippen LogP contribution in [0.15, 0.2) is 30.5 Å². The van der Waals surface area contributed by atoms with E-state index in [1.165, 1.54) is 12.1 Å². The van der Waals surface area contributed by atoms with Gasteiger partial charge in [0.15, 0.2) is 0 Å². The minimum absolute atomic E-state index is 0.412. The van der Waals surface area contributed by atoms with Crippen molar-refractivity contribution in [2.75, 3.05) is 13.1 Å². The summed E-state index contributed by atoms with van der Waals surface area (Å²) in [5.74, 6) is -0.580. The monoisotopic (exact) mass is 277 g/mol. The lowest BCUT2D eigenvalue weighted by atomic mass is 9.94. The van der Waals surface area contributed by atoms with Gasteiger partial charge in [-0.2, -0.15) is 5.10 Å². The van der Waals surface area contributed by atoms with Gasteiger partial charge >= 0.3 is 0 Å². The average Bonchev–Trinajstić information content (AvgIpc) is 2.96. The van der Waals surface area contributed by atoms with Gasteiger partial charge in [-0.1, -0.05) is 6.07 Å². The van der Waals surface area contributed by atoms with E-state index in [2.05, 4.69) is 15.1 Å². The largest absolute Gasteiger partial charge is 0.298 e. The Morgan fingerprint density at radius 3 is 2.95 bits per heavy atom. The molecule has 0 saturated carbocycles. The van der Waals surface area contributed by atoms with Crippen LogP contribution in [0.1, 0.15) is 30.0 Å². The lowest BCUT2D eigenvalue weighted by Crippen LogP contribution is -2.34. The van der Waals surface area contributed by atoms with E-state index in [4.69, 9.17) is 0 Å². The number of aromatic amines is 1. The van der Waals surface area contributed by atoms with Gasteiger partial charge in [0.1, 0.15) is 11.6 Å². The summed E-state index contributed by atoms with van der Waals surface area (Å²) in [5.41, 5.74) is 1.69. The summed E-state index contributed by atoms with van der Waals surface area (Å²) in [7, 11) is 0. The summed E-state index contributed by atoms with van der Waals surface area (Å²) in [6, 6.07) is 5.79. The summed E-state index contributed by atoms with van der Waals surface area (Å²) >= 11 is 0. The number of aromatic nitrogens is 2. The van der Waals surface area contributed by atoms with E-state index in [0.717, 1.165) is 37.7 Å². The normalized spacial score (nSPS) is 20.2. The second-order valence-corrected chi connectivity index (χ2v) is 5.32. The third kappa shape index (κ3) is 2.88. The molecule has 0 aliphatic carbocycles. The Hall–Kier alpha value is -1.75. The van der Waals surface area contributed by atoms with Crippen molar-refractivity contribution in [3.05, 3.63) is 53.4 Å². The van der Waals surface area contributed by atoms with Crippen molar-refractivity contribution in [3.8, 4) is 0 Å². The quantitative estimate of drug-likeness (QED) is 0.935. The van der Waals surface area contributed by atoms with Crippen molar-refractivity contribution in [1.82, 2.24) is 15.1 Å². The number of H-pyrrole nitrogens is 1. The molecule has 3 rings (SSSR count). The van der Waals surface area contributed by atoms with Gasteiger partial charge in [0, 0.05) is 42.5 Å². The first kappa shape index (κ1) is 13.2. The molecule has 0 unspecified atom stereocenters. The third-order valence-electron chi connectivity index (χ3n) is 3.88. The molecule has 1 N–H and O–H groups in total. The lowest BCUT2D eigenvalue weighted by Gasteiger charge is -2.32. The zero-order valence-corrected chi connectivity index (χ0v) is 11.1. The van der Waals surface area contributed by atoms with Crippen LogP contribution in [-0.4, -0.2) is 28.2 Å². The van der Waals surface area contributed by atoms with E-state index < -0.39 is 11.6 Å². The fourth-order valence-electron chi connectivity index (χ4n) is 2.84. The van der Waals surface area contributed by atoms with E-state index in [1.54, 1.807) is 6.20 Å². The number of nitrogens with one attached hydrogen (secondary N) is 1. The first-order valence-electron chi connectivity index (χ1n) is 6.88. The van der Waals surface area contributed by atoms with E-state index in [-0.39, 0.29) is 0 Å². The molecule has 3 nitrogen and oxygen atoms in total. The number of hydrogen-bond acceptors (Lipinski definition) is 2. The van der Waals surface area contributed by atoms with E-state index >= 15 is 0 Å². The molecule has 20 heavy (non-hydrogen) atoms. The molecular weight excluding hydrogens is 260 g/mol. The molecule has 2 heterocycles. The molecule has 0 spiro atoms. The van der Waals surface area contributed by atoms with Crippen molar-refractivity contribution in [1.29, 1.82) is 0 Å². The number of piperidine rings is 1. The summed E-state index contributed by atoms with van der Waals surface area (Å²) < 4.78 is 26.6. The molecule has 1 aliphatic heterocycles. The van der Waals surface area contributed by atoms with Gasteiger partial charge in [0.2, 0.25) is 0 Å². The SMILES string of the molecule is Fc1ccc(CN2CCC[C@H](c3ccn[nH]3)C2)c(F)c1. The Kier molecular flexibility index (Phi) is 3.78. The molecule has 2 aromatic rings. The summed E-state index contributed by atoms with van der Waals surface area (Å²) in [6.45, 7) is 2.34. The Morgan fingerprint density at radius 2 is 2.20 bits per heavy atom. The van der Waals surface area contributed by atoms with Crippen LogP contribution in [0, 0.1) is 11.6 Å². The van der Waals surface area contributed by atoms with Gasteiger partial charge in [-0.05, 0) is 31.5 Å². The first-order chi connectivity index (χ1) is 9.72. The molecule has 106 valence electrons. The van der Waals surface area contributed by atoms with Gasteiger partial charge in [-0.15, -0.1) is 0 Å². The lowest BCUT2D eigenvalue weighted by molar-refractivity contribution is 0.196. The van der Waals surface area contributed by atoms with Crippen LogP contribution >= 0.6 is 0 Å². The van der Waals surface area contributed by atoms with Crippen LogP contribution in [0.5, 0.6) is 0 Å². The molecular formula is C15H17F2N3. The number of rotatable bonds is 3. The van der Waals surface area contributed by atoms with Crippen LogP contribution in [-0.2, 0) is 6.54 Å². The maximum Gasteiger partial charge on any atom is 0.130 e. The minimum atomic E-state index is -0.528. The number of benzene rings is 1. The highest BCUT2D eigenvalue weighted by atomic mass is 19.1. The van der Waals surface area contributed by atoms with Crippen molar-refractivity contribution < 1.29 is 8.78 Å². The number of hydrogen-bond donors (Lipinski definition) is 1. The molecule has 1 atom stereocenters. The molecule has 0 radical (unpaired) electrons. The van der Waals surface area contributed by atoms with Crippen LogP contribution in [0.2, 0.25) is 0 Å². The van der Waals surface area contributed by atoms with E-state index in [1.807, 2.05) is 6.07 Å². The van der Waals surface area contributed by atoms with Crippen LogP contribution in [0.4, 0.5) is 8.78 Å². The second-order valence-electron chi connectivity index (χ2n) is 5.32. The smallest absolute Gasteiger partial charge is 0.130 e. The predicted octanol–water partition coefficient (Wildman–Crippen LogP) is 3.07. The second kappa shape index (κ2) is 5.71. The Labute approximate surface area is 116 Å². The first-order valence-corrected chi connectivity index (χ1v) is 6.88. The van der Waals surface area contributed by atoms with Crippen molar-refractivity contribution in [3.63, 3.8) is 0 Å². The van der Waals surface area contributed by atoms with Gasteiger partial charge in [0.25, 0.3) is 0 Å². The number of likely N-dealkylation sites (tertiary alicyclic amines) is 1. The molecule has 0 amide bonds. The maximum absolute atomic E-state index is 13.7. The molecule has 5 heteroatoms. The Balaban J connectivity index is 1.68. The van der Waals surface area contributed by atoms with Gasteiger partial charge in [-0.3, -0.25) is 10.00 Å². The van der Waals surface area contributed by atoms with Gasteiger partial charge in [-0.25, -0.2) is 8.78 Å². The van der Waals surface area contributed by atoms with Crippen LogP contribution in [0.3, 0.4) is 0 Å². The van der Waals surface area contributed by atoms with Gasteiger partial charge in [0.05, 0.1) is 0 Å². The molecule has 1 saturated heterocycles. The van der Waals surface area contributed by atoms with Gasteiger partial charge < -0.3 is 0 Å². The fourth-order valence-corrected chi connectivity index (χ4v) is 2.84. The Morgan fingerprint density at radius 1 is 1.30 bits per heavy atom. The van der Waals surface area contributed by atoms with Crippen molar-refractivity contribution >= 4 is 0 Å². The topological polar surface area (TPSA) is 31.9 Å². The number of nitrogens with zero attached hydrogens (tertiary/aromatic N) is 2. The molecule has 1 fully saturated rings. The highest BCUT2D eigenvalue weighted by Gasteiger charge is 2.22. The summed E-state index contributed by atoms with van der Waals surface area (Å²) in [4.78, 5) is 2.21. The molecule has 0 bridgehead atoms. The minimum Gasteiger partial charge on any atom is -0.298 e. The van der Waals surface area contributed by atoms with Crippen molar-refractivity contribution in [2.45, 2.75) is 25.3 Å². The highest BCUT2D eigenvalue weighted by Crippen LogP contribution is 2.26. The van der Waals surface area contributed by atoms with E-state index in [0.29, 0.717) is 18.0 Å². The number of halogens is 2. The van der Waals surface area contributed by atoms with Crippen LogP contribution < -0.4 is 0 Å². The summed E-state index contributed by atoms with van der Waals surface area (Å²) in [5, 5.41) is 6.99. The Bertz CT molecular complexity index is 569. The molecule has 1 aromatic carbocycles. The predicted molar refractivity (Wildman–Crippen MR) is 72.2 cm³/mol. The zero-order chi connectivity index (χ0) is 13.9. The maximum atomic E-state index is 13.7. The molecule has 1 aromatic heterocycles.